The number of nitrogens with one attached hydrogen (secondary N) is 1. The van der Waals surface area contributed by atoms with E-state index in [0.717, 1.165) is 48.8 Å². The van der Waals surface area contributed by atoms with E-state index in [1.807, 2.05) is 49.4 Å². The highest BCUT2D eigenvalue weighted by Gasteiger charge is 2.15. The van der Waals surface area contributed by atoms with E-state index in [1.165, 1.54) is 5.56 Å². The summed E-state index contributed by atoms with van der Waals surface area (Å²) in [4.78, 5) is 2.25. The summed E-state index contributed by atoms with van der Waals surface area (Å²) in [5.74, 6) is 1.31. The maximum absolute atomic E-state index is 6.61. The molecule has 0 unspecified atom stereocenters. The van der Waals surface area contributed by atoms with Crippen LogP contribution in [0.5, 0.6) is 11.5 Å². The molecule has 1 heterocycles. The van der Waals surface area contributed by atoms with Crippen LogP contribution in [-0.4, -0.2) is 32.9 Å². The van der Waals surface area contributed by atoms with Crippen LogP contribution in [0.3, 0.4) is 0 Å². The highest BCUT2D eigenvalue weighted by molar-refractivity contribution is 6.33. The maximum atomic E-state index is 6.61. The van der Waals surface area contributed by atoms with Crippen molar-refractivity contribution < 1.29 is 14.2 Å². The van der Waals surface area contributed by atoms with Crippen molar-refractivity contribution in [2.45, 2.75) is 27.0 Å². The van der Waals surface area contributed by atoms with Crippen molar-refractivity contribution in [3.63, 3.8) is 0 Å². The number of halogens is 2. The van der Waals surface area contributed by atoms with Crippen LogP contribution in [0.1, 0.15) is 23.6 Å². The van der Waals surface area contributed by atoms with E-state index in [0.29, 0.717) is 41.3 Å². The van der Waals surface area contributed by atoms with Crippen molar-refractivity contribution >= 4 is 34.6 Å². The van der Waals surface area contributed by atoms with Gasteiger partial charge in [-0.15, -0.1) is 0 Å². The zero-order valence-electron chi connectivity index (χ0n) is 19.6. The van der Waals surface area contributed by atoms with Gasteiger partial charge in [0.15, 0.2) is 11.5 Å². The van der Waals surface area contributed by atoms with Gasteiger partial charge < -0.3 is 24.4 Å². The van der Waals surface area contributed by atoms with Crippen LogP contribution < -0.4 is 19.7 Å². The summed E-state index contributed by atoms with van der Waals surface area (Å²) in [6.07, 6.45) is 0. The molecule has 3 aromatic rings. The number of morpholine rings is 1. The van der Waals surface area contributed by atoms with Crippen molar-refractivity contribution in [2.75, 3.05) is 43.1 Å². The molecule has 180 valence electrons. The second-order valence-electron chi connectivity index (χ2n) is 8.22. The average molecular weight is 501 g/mol. The lowest BCUT2D eigenvalue weighted by Gasteiger charge is -2.29. The average Bonchev–Trinajstić information content (AvgIpc) is 2.84. The van der Waals surface area contributed by atoms with E-state index in [4.69, 9.17) is 37.4 Å². The van der Waals surface area contributed by atoms with Crippen LogP contribution >= 0.6 is 23.2 Å². The molecular formula is C27H30Cl2N2O3. The van der Waals surface area contributed by atoms with Gasteiger partial charge in [0.25, 0.3) is 0 Å². The van der Waals surface area contributed by atoms with E-state index in [9.17, 15) is 0 Å². The third-order valence-electron chi connectivity index (χ3n) is 5.67. The third-order valence-corrected chi connectivity index (χ3v) is 6.33. The quantitative estimate of drug-likeness (QED) is 0.352. The van der Waals surface area contributed by atoms with E-state index >= 15 is 0 Å². The van der Waals surface area contributed by atoms with Crippen LogP contribution in [0.2, 0.25) is 10.0 Å². The van der Waals surface area contributed by atoms with Gasteiger partial charge in [0.05, 0.1) is 30.5 Å². The SMILES string of the molecule is CCOc1cc(CNc2ccc(N3CCOCC3)c(Cl)c2)c(Cl)cc1OCc1cccc(C)c1. The molecule has 0 radical (unpaired) electrons. The molecule has 1 saturated heterocycles. The number of anilines is 2. The molecule has 0 saturated carbocycles. The van der Waals surface area contributed by atoms with Gasteiger partial charge in [-0.3, -0.25) is 0 Å². The topological polar surface area (TPSA) is 43.0 Å². The minimum atomic E-state index is 0.448. The Balaban J connectivity index is 1.44. The Kier molecular flexibility index (Phi) is 8.44. The van der Waals surface area contributed by atoms with Gasteiger partial charge in [-0.05, 0) is 49.2 Å². The first kappa shape index (κ1) is 24.5. The molecule has 1 fully saturated rings. The fraction of sp³-hybridized carbons (Fsp3) is 0.333. The third kappa shape index (κ3) is 6.29. The number of nitrogens with zero attached hydrogens (tertiary/aromatic N) is 1. The van der Waals surface area contributed by atoms with Gasteiger partial charge in [-0.1, -0.05) is 53.0 Å². The van der Waals surface area contributed by atoms with Crippen LogP contribution in [0.25, 0.3) is 0 Å². The Labute approximate surface area is 211 Å². The monoisotopic (exact) mass is 500 g/mol. The molecular weight excluding hydrogens is 471 g/mol. The standard InChI is InChI=1S/C27H30Cl2N2O3/c1-3-33-26-14-21(23(28)16-27(26)34-18-20-6-4-5-19(2)13-20)17-30-22-7-8-25(24(29)15-22)31-9-11-32-12-10-31/h4-8,13-16,30H,3,9-12,17-18H2,1-2H3. The molecule has 0 amide bonds. The summed E-state index contributed by atoms with van der Waals surface area (Å²) in [7, 11) is 0. The molecule has 0 bridgehead atoms. The predicted molar refractivity (Wildman–Crippen MR) is 140 cm³/mol. The van der Waals surface area contributed by atoms with Crippen molar-refractivity contribution in [3.8, 4) is 11.5 Å². The van der Waals surface area contributed by atoms with Gasteiger partial charge in [0.1, 0.15) is 6.61 Å². The van der Waals surface area contributed by atoms with Gasteiger partial charge in [-0.25, -0.2) is 0 Å². The van der Waals surface area contributed by atoms with Crippen molar-refractivity contribution in [2.24, 2.45) is 0 Å². The maximum Gasteiger partial charge on any atom is 0.163 e. The Morgan fingerprint density at radius 1 is 0.941 bits per heavy atom. The van der Waals surface area contributed by atoms with Crippen molar-refractivity contribution in [1.29, 1.82) is 0 Å². The summed E-state index contributed by atoms with van der Waals surface area (Å²) in [6, 6.07) is 18.0. The summed E-state index contributed by atoms with van der Waals surface area (Å²) >= 11 is 13.2. The molecule has 5 nitrogen and oxygen atoms in total. The number of hydrogen-bond acceptors (Lipinski definition) is 5. The molecule has 34 heavy (non-hydrogen) atoms. The Morgan fingerprint density at radius 2 is 1.74 bits per heavy atom. The fourth-order valence-corrected chi connectivity index (χ4v) is 4.45. The summed E-state index contributed by atoms with van der Waals surface area (Å²) < 4.78 is 17.3. The smallest absolute Gasteiger partial charge is 0.163 e. The minimum absolute atomic E-state index is 0.448. The van der Waals surface area contributed by atoms with Crippen LogP contribution in [-0.2, 0) is 17.9 Å². The highest BCUT2D eigenvalue weighted by Crippen LogP contribution is 2.35. The van der Waals surface area contributed by atoms with Crippen LogP contribution in [0.15, 0.2) is 54.6 Å². The van der Waals surface area contributed by atoms with E-state index < -0.39 is 0 Å². The number of benzene rings is 3. The first-order valence-corrected chi connectivity index (χ1v) is 12.3. The molecule has 0 aliphatic carbocycles. The molecule has 7 heteroatoms. The first-order chi connectivity index (χ1) is 16.5. The molecule has 0 atom stereocenters. The van der Waals surface area contributed by atoms with E-state index in [2.05, 4.69) is 29.3 Å². The molecule has 1 aliphatic heterocycles. The number of hydrogen-bond donors (Lipinski definition) is 1. The molecule has 0 spiro atoms. The summed E-state index contributed by atoms with van der Waals surface area (Å²) in [5, 5.41) is 4.75. The number of rotatable bonds is 9. The van der Waals surface area contributed by atoms with Crippen LogP contribution in [0, 0.1) is 6.92 Å². The molecule has 0 aromatic heterocycles. The lowest BCUT2D eigenvalue weighted by atomic mass is 10.1. The van der Waals surface area contributed by atoms with Crippen LogP contribution in [0.4, 0.5) is 11.4 Å². The first-order valence-electron chi connectivity index (χ1n) is 11.5. The van der Waals surface area contributed by atoms with E-state index in [-0.39, 0.29) is 0 Å². The normalized spacial score (nSPS) is 13.6. The second kappa shape index (κ2) is 11.7. The zero-order chi connectivity index (χ0) is 23.9. The highest BCUT2D eigenvalue weighted by atomic mass is 35.5. The van der Waals surface area contributed by atoms with Gasteiger partial charge >= 0.3 is 0 Å². The molecule has 1 N–H and O–H groups in total. The van der Waals surface area contributed by atoms with Gasteiger partial charge in [0.2, 0.25) is 0 Å². The Morgan fingerprint density at radius 3 is 2.47 bits per heavy atom. The van der Waals surface area contributed by atoms with Crippen molar-refractivity contribution in [3.05, 3.63) is 81.3 Å². The lowest BCUT2D eigenvalue weighted by molar-refractivity contribution is 0.122. The Bertz CT molecular complexity index is 1120. The summed E-state index contributed by atoms with van der Waals surface area (Å²) in [5.41, 5.74) is 5.17. The lowest BCUT2D eigenvalue weighted by Crippen LogP contribution is -2.36. The molecule has 4 rings (SSSR count). The predicted octanol–water partition coefficient (Wildman–Crippen LogP) is 6.73. The number of ether oxygens (including phenoxy) is 3. The fourth-order valence-electron chi connectivity index (χ4n) is 3.93. The van der Waals surface area contributed by atoms with Gasteiger partial charge in [-0.2, -0.15) is 0 Å². The summed E-state index contributed by atoms with van der Waals surface area (Å²) in [6.45, 7) is 8.68. The van der Waals surface area contributed by atoms with Crippen molar-refractivity contribution in [1.82, 2.24) is 0 Å². The zero-order valence-corrected chi connectivity index (χ0v) is 21.1. The second-order valence-corrected chi connectivity index (χ2v) is 9.03. The van der Waals surface area contributed by atoms with Gasteiger partial charge in [0, 0.05) is 36.4 Å². The van der Waals surface area contributed by atoms with E-state index in [1.54, 1.807) is 0 Å². The molecule has 3 aromatic carbocycles. The largest absolute Gasteiger partial charge is 0.490 e. The Hall–Kier alpha value is -2.60. The molecule has 1 aliphatic rings. The number of aryl methyl sites for hydroxylation is 1. The minimum Gasteiger partial charge on any atom is -0.490 e.